The maximum atomic E-state index is 8.83. The smallest absolute Gasteiger partial charge is 0.127 e. The number of nitrogens with one attached hydrogen (secondary N) is 1. The van der Waals surface area contributed by atoms with Gasteiger partial charge in [-0.3, -0.25) is 0 Å². The van der Waals surface area contributed by atoms with Gasteiger partial charge in [-0.05, 0) is 20.4 Å². The Kier molecular flexibility index (Phi) is 7.45. The van der Waals surface area contributed by atoms with Gasteiger partial charge in [0.2, 0.25) is 0 Å². The predicted octanol–water partition coefficient (Wildman–Crippen LogP) is 2.08. The van der Waals surface area contributed by atoms with Gasteiger partial charge in [0.25, 0.3) is 0 Å². The molecule has 3 nitrogen and oxygen atoms in total. The quantitative estimate of drug-likeness (QED) is 0.607. The van der Waals surface area contributed by atoms with E-state index >= 15 is 0 Å². The fraction of sp³-hybridized carbons (Fsp3) is 0.909. The Morgan fingerprint density at radius 1 is 1.36 bits per heavy atom. The number of hydrogen-bond donors (Lipinski definition) is 1. The monoisotopic (exact) mass is 198 g/mol. The van der Waals surface area contributed by atoms with Crippen LogP contribution in [-0.4, -0.2) is 25.8 Å². The first-order chi connectivity index (χ1) is 6.68. The van der Waals surface area contributed by atoms with E-state index in [2.05, 4.69) is 18.3 Å². The Morgan fingerprint density at radius 3 is 2.57 bits per heavy atom. The van der Waals surface area contributed by atoms with Crippen LogP contribution in [0.4, 0.5) is 0 Å². The zero-order valence-corrected chi connectivity index (χ0v) is 9.60. The lowest BCUT2D eigenvalue weighted by atomic mass is 10.1. The number of likely N-dealkylation sites (N-methyl/N-ethyl adjacent to an activating group) is 1. The van der Waals surface area contributed by atoms with Crippen molar-refractivity contribution in [1.29, 1.82) is 5.26 Å². The summed E-state index contributed by atoms with van der Waals surface area (Å²) in [5, 5.41) is 11.8. The molecule has 0 aromatic heterocycles. The molecule has 0 aliphatic heterocycles. The minimum atomic E-state index is -0.537. The van der Waals surface area contributed by atoms with Crippen molar-refractivity contribution >= 4 is 0 Å². The summed E-state index contributed by atoms with van der Waals surface area (Å²) in [7, 11) is 1.78. The molecule has 0 aliphatic rings. The van der Waals surface area contributed by atoms with Gasteiger partial charge in [0.15, 0.2) is 0 Å². The Labute approximate surface area is 87.4 Å². The molecule has 0 amide bonds. The van der Waals surface area contributed by atoms with Crippen molar-refractivity contribution < 1.29 is 4.74 Å². The van der Waals surface area contributed by atoms with Crippen LogP contribution in [0.2, 0.25) is 0 Å². The highest BCUT2D eigenvalue weighted by Crippen LogP contribution is 2.03. The number of ether oxygens (including phenoxy) is 1. The van der Waals surface area contributed by atoms with Gasteiger partial charge in [-0.25, -0.2) is 0 Å². The first-order valence-electron chi connectivity index (χ1n) is 5.36. The molecular formula is C11H22N2O. The van der Waals surface area contributed by atoms with Crippen molar-refractivity contribution in [2.24, 2.45) is 0 Å². The van der Waals surface area contributed by atoms with Gasteiger partial charge >= 0.3 is 0 Å². The third kappa shape index (κ3) is 5.95. The van der Waals surface area contributed by atoms with Crippen LogP contribution >= 0.6 is 0 Å². The third-order valence-corrected chi connectivity index (χ3v) is 2.33. The summed E-state index contributed by atoms with van der Waals surface area (Å²) in [5.41, 5.74) is -0.537. The molecule has 1 atom stereocenters. The summed E-state index contributed by atoms with van der Waals surface area (Å²) in [6, 6.07) is 2.19. The van der Waals surface area contributed by atoms with E-state index in [9.17, 15) is 0 Å². The summed E-state index contributed by atoms with van der Waals surface area (Å²) < 4.78 is 5.44. The van der Waals surface area contributed by atoms with Gasteiger partial charge in [0, 0.05) is 6.61 Å². The van der Waals surface area contributed by atoms with Crippen LogP contribution in [0.15, 0.2) is 0 Å². The summed E-state index contributed by atoms with van der Waals surface area (Å²) >= 11 is 0. The predicted molar refractivity (Wildman–Crippen MR) is 58.0 cm³/mol. The van der Waals surface area contributed by atoms with E-state index in [1.807, 2.05) is 6.92 Å². The molecule has 0 rings (SSSR count). The van der Waals surface area contributed by atoms with Gasteiger partial charge in [-0.2, -0.15) is 5.26 Å². The lowest BCUT2D eigenvalue weighted by Gasteiger charge is -2.20. The van der Waals surface area contributed by atoms with Gasteiger partial charge in [-0.15, -0.1) is 0 Å². The van der Waals surface area contributed by atoms with Gasteiger partial charge < -0.3 is 10.1 Å². The second-order valence-corrected chi connectivity index (χ2v) is 3.81. The van der Waals surface area contributed by atoms with Crippen LogP contribution < -0.4 is 5.32 Å². The van der Waals surface area contributed by atoms with E-state index in [1.54, 1.807) is 7.05 Å². The number of hydrogen-bond acceptors (Lipinski definition) is 3. The SMILES string of the molecule is CCCCCCOCC(C)(C#N)NC. The number of unbranched alkanes of at least 4 members (excludes halogenated alkanes) is 3. The third-order valence-electron chi connectivity index (χ3n) is 2.33. The Bertz CT molecular complexity index is 177. The highest BCUT2D eigenvalue weighted by molar-refractivity contribution is 5.02. The van der Waals surface area contributed by atoms with E-state index in [4.69, 9.17) is 10.00 Å². The second kappa shape index (κ2) is 7.78. The van der Waals surface area contributed by atoms with Crippen LogP contribution in [0.25, 0.3) is 0 Å². The van der Waals surface area contributed by atoms with Gasteiger partial charge in [0.1, 0.15) is 5.54 Å². The summed E-state index contributed by atoms with van der Waals surface area (Å²) in [4.78, 5) is 0. The summed E-state index contributed by atoms with van der Waals surface area (Å²) in [6.45, 7) is 5.26. The topological polar surface area (TPSA) is 45.0 Å². The van der Waals surface area contributed by atoms with Crippen LogP contribution in [0, 0.1) is 11.3 Å². The molecule has 0 spiro atoms. The molecule has 0 bridgehead atoms. The standard InChI is InChI=1S/C11H22N2O/c1-4-5-6-7-8-14-10-11(2,9-12)13-3/h13H,4-8,10H2,1-3H3. The van der Waals surface area contributed by atoms with E-state index in [0.29, 0.717) is 6.61 Å². The Balaban J connectivity index is 3.40. The molecule has 82 valence electrons. The molecule has 0 aromatic rings. The van der Waals surface area contributed by atoms with Crippen molar-refractivity contribution in [3.8, 4) is 6.07 Å². The maximum Gasteiger partial charge on any atom is 0.127 e. The highest BCUT2D eigenvalue weighted by Gasteiger charge is 2.20. The van der Waals surface area contributed by atoms with E-state index in [-0.39, 0.29) is 0 Å². The Hall–Kier alpha value is -0.590. The fourth-order valence-corrected chi connectivity index (χ4v) is 1.07. The molecule has 0 fully saturated rings. The van der Waals surface area contributed by atoms with Gasteiger partial charge in [0.05, 0.1) is 12.7 Å². The normalized spacial score (nSPS) is 14.7. The Morgan fingerprint density at radius 2 is 2.07 bits per heavy atom. The van der Waals surface area contributed by atoms with E-state index in [1.165, 1.54) is 19.3 Å². The molecule has 0 radical (unpaired) electrons. The lowest BCUT2D eigenvalue weighted by molar-refractivity contribution is 0.0949. The average molecular weight is 198 g/mol. The van der Waals surface area contributed by atoms with Crippen molar-refractivity contribution in [1.82, 2.24) is 5.32 Å². The highest BCUT2D eigenvalue weighted by atomic mass is 16.5. The molecular weight excluding hydrogens is 176 g/mol. The average Bonchev–Trinajstić information content (AvgIpc) is 2.23. The minimum absolute atomic E-state index is 0.464. The van der Waals surface area contributed by atoms with E-state index in [0.717, 1.165) is 13.0 Å². The first-order valence-corrected chi connectivity index (χ1v) is 5.36. The maximum absolute atomic E-state index is 8.83. The molecule has 0 heterocycles. The molecule has 0 saturated carbocycles. The fourth-order valence-electron chi connectivity index (χ4n) is 1.07. The van der Waals surface area contributed by atoms with Gasteiger partial charge in [-0.1, -0.05) is 26.2 Å². The molecule has 0 aliphatic carbocycles. The molecule has 1 unspecified atom stereocenters. The number of rotatable bonds is 8. The molecule has 14 heavy (non-hydrogen) atoms. The van der Waals surface area contributed by atoms with Crippen molar-refractivity contribution in [3.05, 3.63) is 0 Å². The van der Waals surface area contributed by atoms with Crippen LogP contribution in [-0.2, 0) is 4.74 Å². The van der Waals surface area contributed by atoms with Crippen LogP contribution in [0.1, 0.15) is 39.5 Å². The molecule has 1 N–H and O–H groups in total. The number of nitriles is 1. The van der Waals surface area contributed by atoms with Crippen LogP contribution in [0.5, 0.6) is 0 Å². The van der Waals surface area contributed by atoms with Crippen LogP contribution in [0.3, 0.4) is 0 Å². The minimum Gasteiger partial charge on any atom is -0.378 e. The lowest BCUT2D eigenvalue weighted by Crippen LogP contribution is -2.42. The van der Waals surface area contributed by atoms with Crippen molar-refractivity contribution in [2.75, 3.05) is 20.3 Å². The molecule has 0 saturated heterocycles. The molecule has 0 aromatic carbocycles. The van der Waals surface area contributed by atoms with Crippen molar-refractivity contribution in [3.63, 3.8) is 0 Å². The second-order valence-electron chi connectivity index (χ2n) is 3.81. The summed E-state index contributed by atoms with van der Waals surface area (Å²) in [6.07, 6.45) is 4.83. The zero-order chi connectivity index (χ0) is 10.9. The molecule has 3 heteroatoms. The largest absolute Gasteiger partial charge is 0.378 e. The van der Waals surface area contributed by atoms with Crippen molar-refractivity contribution in [2.45, 2.75) is 45.1 Å². The van der Waals surface area contributed by atoms with E-state index < -0.39 is 5.54 Å². The summed E-state index contributed by atoms with van der Waals surface area (Å²) in [5.74, 6) is 0. The first kappa shape index (κ1) is 13.4. The zero-order valence-electron chi connectivity index (χ0n) is 9.60. The number of nitrogens with zero attached hydrogens (tertiary/aromatic N) is 1.